The molecule has 0 unspecified atom stereocenters. The Morgan fingerprint density at radius 3 is 2.50 bits per heavy atom. The van der Waals surface area contributed by atoms with E-state index in [-0.39, 0.29) is 0 Å². The summed E-state index contributed by atoms with van der Waals surface area (Å²) in [7, 11) is 0. The molecule has 0 fully saturated rings. The van der Waals surface area contributed by atoms with Gasteiger partial charge in [0, 0.05) is 16.3 Å². The molecular formula is C18H19N3S3. The highest BCUT2D eigenvalue weighted by Gasteiger charge is 2.06. The van der Waals surface area contributed by atoms with E-state index in [1.165, 1.54) is 21.6 Å². The van der Waals surface area contributed by atoms with Crippen molar-refractivity contribution in [2.75, 3.05) is 11.6 Å². The molecule has 6 heteroatoms. The van der Waals surface area contributed by atoms with Gasteiger partial charge in [-0.15, -0.1) is 22.0 Å². The number of nitrogens with zero attached hydrogens (tertiary/aromatic N) is 2. The number of benzene rings is 2. The van der Waals surface area contributed by atoms with E-state index >= 15 is 0 Å². The maximum atomic E-state index is 4.27. The number of thioether (sulfide) groups is 2. The zero-order chi connectivity index (χ0) is 16.9. The Morgan fingerprint density at radius 2 is 1.79 bits per heavy atom. The summed E-state index contributed by atoms with van der Waals surface area (Å²) in [5, 5.41) is 12.7. The Hall–Kier alpha value is -1.50. The van der Waals surface area contributed by atoms with Crippen molar-refractivity contribution in [1.82, 2.24) is 10.2 Å². The smallest absolute Gasteiger partial charge is 0.210 e. The Labute approximate surface area is 155 Å². The molecule has 3 aromatic rings. The molecule has 0 aliphatic carbocycles. The summed E-state index contributed by atoms with van der Waals surface area (Å²) in [6.07, 6.45) is 2.09. The number of nitrogens with one attached hydrogen (secondary N) is 1. The lowest BCUT2D eigenvalue weighted by Gasteiger charge is -2.05. The Balaban J connectivity index is 1.59. The van der Waals surface area contributed by atoms with Crippen LogP contribution in [0.3, 0.4) is 0 Å². The maximum Gasteiger partial charge on any atom is 0.210 e. The standard InChI is InChI=1S/C18H19N3S3/c1-12-4-7-15(10-13(12)2)19-17-20-21-18(24-17)23-11-14-5-8-16(22-3)9-6-14/h4-10H,11H2,1-3H3,(H,19,20). The van der Waals surface area contributed by atoms with E-state index in [0.717, 1.165) is 20.9 Å². The molecule has 0 atom stereocenters. The molecule has 0 spiro atoms. The van der Waals surface area contributed by atoms with Crippen molar-refractivity contribution in [2.45, 2.75) is 28.8 Å². The van der Waals surface area contributed by atoms with E-state index in [4.69, 9.17) is 0 Å². The predicted octanol–water partition coefficient (Wildman–Crippen LogP) is 5.91. The van der Waals surface area contributed by atoms with Crippen molar-refractivity contribution < 1.29 is 0 Å². The number of aryl methyl sites for hydroxylation is 2. The molecule has 0 saturated carbocycles. The highest BCUT2D eigenvalue weighted by Crippen LogP contribution is 2.30. The first kappa shape index (κ1) is 17.3. The molecule has 0 bridgehead atoms. The largest absolute Gasteiger partial charge is 0.330 e. The summed E-state index contributed by atoms with van der Waals surface area (Å²) in [4.78, 5) is 1.29. The predicted molar refractivity (Wildman–Crippen MR) is 107 cm³/mol. The number of anilines is 2. The first-order chi connectivity index (χ1) is 11.6. The monoisotopic (exact) mass is 373 g/mol. The molecule has 0 aliphatic heterocycles. The number of aromatic nitrogens is 2. The molecular weight excluding hydrogens is 354 g/mol. The third kappa shape index (κ3) is 4.53. The summed E-state index contributed by atoms with van der Waals surface area (Å²) >= 11 is 5.07. The van der Waals surface area contributed by atoms with Crippen LogP contribution < -0.4 is 5.32 Å². The fourth-order valence-corrected chi connectivity index (χ4v) is 4.26. The van der Waals surface area contributed by atoms with Gasteiger partial charge in [-0.3, -0.25) is 0 Å². The van der Waals surface area contributed by atoms with Crippen molar-refractivity contribution in [3.05, 3.63) is 59.2 Å². The molecule has 1 aromatic heterocycles. The minimum atomic E-state index is 0.832. The van der Waals surface area contributed by atoms with Crippen LogP contribution in [0.2, 0.25) is 0 Å². The van der Waals surface area contributed by atoms with Crippen LogP contribution in [0.1, 0.15) is 16.7 Å². The van der Waals surface area contributed by atoms with Crippen molar-refractivity contribution >= 4 is 45.7 Å². The van der Waals surface area contributed by atoms with Crippen LogP contribution in [-0.2, 0) is 5.75 Å². The second-order valence-electron chi connectivity index (χ2n) is 5.43. The van der Waals surface area contributed by atoms with E-state index < -0.39 is 0 Å². The highest BCUT2D eigenvalue weighted by atomic mass is 32.2. The average Bonchev–Trinajstić information content (AvgIpc) is 3.04. The molecule has 0 amide bonds. The molecule has 0 saturated heterocycles. The topological polar surface area (TPSA) is 37.8 Å². The molecule has 0 aliphatic rings. The van der Waals surface area contributed by atoms with Crippen molar-refractivity contribution in [3.63, 3.8) is 0 Å². The summed E-state index contributed by atoms with van der Waals surface area (Å²) < 4.78 is 0.982. The van der Waals surface area contributed by atoms with E-state index in [1.807, 2.05) is 0 Å². The van der Waals surface area contributed by atoms with Gasteiger partial charge in [-0.25, -0.2) is 0 Å². The summed E-state index contributed by atoms with van der Waals surface area (Å²) in [6, 6.07) is 15.0. The number of hydrogen-bond donors (Lipinski definition) is 1. The molecule has 1 N–H and O–H groups in total. The van der Waals surface area contributed by atoms with Crippen molar-refractivity contribution in [1.29, 1.82) is 0 Å². The van der Waals surface area contributed by atoms with Crippen molar-refractivity contribution in [2.24, 2.45) is 0 Å². The van der Waals surface area contributed by atoms with Gasteiger partial charge in [0.25, 0.3) is 0 Å². The van der Waals surface area contributed by atoms with Gasteiger partial charge in [0.05, 0.1) is 0 Å². The number of rotatable bonds is 6. The van der Waals surface area contributed by atoms with Gasteiger partial charge in [0.1, 0.15) is 0 Å². The number of hydrogen-bond acceptors (Lipinski definition) is 6. The summed E-state index contributed by atoms with van der Waals surface area (Å²) in [6.45, 7) is 4.23. The van der Waals surface area contributed by atoms with Gasteiger partial charge in [-0.1, -0.05) is 41.3 Å². The fraction of sp³-hybridized carbons (Fsp3) is 0.222. The minimum Gasteiger partial charge on any atom is -0.330 e. The summed E-state index contributed by atoms with van der Waals surface area (Å²) in [5.74, 6) is 0.910. The van der Waals surface area contributed by atoms with Crippen LogP contribution in [-0.4, -0.2) is 16.5 Å². The lowest BCUT2D eigenvalue weighted by molar-refractivity contribution is 1.01. The average molecular weight is 374 g/mol. The molecule has 0 radical (unpaired) electrons. The molecule has 3 rings (SSSR count). The Kier molecular flexibility index (Phi) is 5.81. The van der Waals surface area contributed by atoms with E-state index in [2.05, 4.69) is 78.1 Å². The van der Waals surface area contributed by atoms with Crippen LogP contribution in [0.15, 0.2) is 51.7 Å². The summed E-state index contributed by atoms with van der Waals surface area (Å²) in [5.41, 5.74) is 4.92. The van der Waals surface area contributed by atoms with Gasteiger partial charge in [-0.05, 0) is 61.1 Å². The van der Waals surface area contributed by atoms with Gasteiger partial charge in [0.2, 0.25) is 5.13 Å². The van der Waals surface area contributed by atoms with Gasteiger partial charge >= 0.3 is 0 Å². The lowest BCUT2D eigenvalue weighted by atomic mass is 10.1. The van der Waals surface area contributed by atoms with E-state index in [1.54, 1.807) is 34.9 Å². The third-order valence-corrected chi connectivity index (χ3v) is 6.47. The maximum absolute atomic E-state index is 4.27. The third-order valence-electron chi connectivity index (χ3n) is 3.69. The molecule has 24 heavy (non-hydrogen) atoms. The highest BCUT2D eigenvalue weighted by molar-refractivity contribution is 8.00. The van der Waals surface area contributed by atoms with Crippen LogP contribution in [0.25, 0.3) is 0 Å². The Bertz CT molecular complexity index is 813. The zero-order valence-corrected chi connectivity index (χ0v) is 16.3. The van der Waals surface area contributed by atoms with Crippen LogP contribution in [0, 0.1) is 13.8 Å². The first-order valence-corrected chi connectivity index (χ1v) is 10.6. The minimum absolute atomic E-state index is 0.832. The Morgan fingerprint density at radius 1 is 1.00 bits per heavy atom. The van der Waals surface area contributed by atoms with Crippen LogP contribution in [0.5, 0.6) is 0 Å². The lowest BCUT2D eigenvalue weighted by Crippen LogP contribution is -1.91. The second kappa shape index (κ2) is 8.05. The van der Waals surface area contributed by atoms with Gasteiger partial charge in [-0.2, -0.15) is 0 Å². The molecule has 1 heterocycles. The van der Waals surface area contributed by atoms with Crippen LogP contribution >= 0.6 is 34.9 Å². The van der Waals surface area contributed by atoms with Gasteiger partial charge in [0.15, 0.2) is 4.34 Å². The second-order valence-corrected chi connectivity index (χ2v) is 8.51. The van der Waals surface area contributed by atoms with Gasteiger partial charge < -0.3 is 5.32 Å². The zero-order valence-electron chi connectivity index (χ0n) is 13.9. The van der Waals surface area contributed by atoms with Crippen molar-refractivity contribution in [3.8, 4) is 0 Å². The first-order valence-electron chi connectivity index (χ1n) is 7.57. The fourth-order valence-electron chi connectivity index (χ4n) is 2.13. The molecule has 124 valence electrons. The van der Waals surface area contributed by atoms with E-state index in [0.29, 0.717) is 0 Å². The molecule has 2 aromatic carbocycles. The van der Waals surface area contributed by atoms with Crippen LogP contribution in [0.4, 0.5) is 10.8 Å². The normalized spacial score (nSPS) is 10.8. The molecule has 3 nitrogen and oxygen atoms in total. The SMILES string of the molecule is CSc1ccc(CSc2nnc(Nc3ccc(C)c(C)c3)s2)cc1. The quantitative estimate of drug-likeness (QED) is 0.543. The van der Waals surface area contributed by atoms with E-state index in [9.17, 15) is 0 Å².